The second kappa shape index (κ2) is 11.7. The minimum absolute atomic E-state index is 0.00590. The van der Waals surface area contributed by atoms with Crippen LogP contribution in [0.5, 0.6) is 5.88 Å². The van der Waals surface area contributed by atoms with Crippen LogP contribution in [0.15, 0.2) is 67.5 Å². The monoisotopic (exact) mass is 645 g/mol. The molecule has 1 saturated heterocycles. The highest BCUT2D eigenvalue weighted by molar-refractivity contribution is 5.98. The van der Waals surface area contributed by atoms with Gasteiger partial charge in [-0.15, -0.1) is 0 Å². The van der Waals surface area contributed by atoms with Gasteiger partial charge in [-0.1, -0.05) is 30.3 Å². The molecular formula is C32H30F3N9O3. The normalized spacial score (nSPS) is 19.1. The van der Waals surface area contributed by atoms with E-state index in [1.807, 2.05) is 47.2 Å². The molecule has 5 aromatic rings. The van der Waals surface area contributed by atoms with Gasteiger partial charge < -0.3 is 25.3 Å². The van der Waals surface area contributed by atoms with Gasteiger partial charge in [-0.25, -0.2) is 32.6 Å². The average molecular weight is 646 g/mol. The second-order valence-corrected chi connectivity index (χ2v) is 11.8. The van der Waals surface area contributed by atoms with Crippen LogP contribution in [0.1, 0.15) is 28.8 Å². The van der Waals surface area contributed by atoms with Crippen LogP contribution >= 0.6 is 0 Å². The molecule has 12 nitrogen and oxygen atoms in total. The molecule has 0 bridgehead atoms. The Labute approximate surface area is 266 Å². The number of nitrogens with one attached hydrogen (secondary N) is 1. The number of benzene rings is 1. The van der Waals surface area contributed by atoms with Gasteiger partial charge in [-0.3, -0.25) is 9.59 Å². The summed E-state index contributed by atoms with van der Waals surface area (Å²) in [6.45, 7) is -0.0252. The van der Waals surface area contributed by atoms with Gasteiger partial charge in [0.25, 0.3) is 5.91 Å². The highest BCUT2D eigenvalue weighted by Gasteiger charge is 2.51. The molecule has 3 N–H and O–H groups in total. The zero-order valence-electron chi connectivity index (χ0n) is 25.2. The smallest absolute Gasteiger partial charge is 0.257 e. The Kier molecular flexibility index (Phi) is 7.53. The molecule has 47 heavy (non-hydrogen) atoms. The number of hydrogen-bond acceptors (Lipinski definition) is 8. The molecule has 2 atom stereocenters. The molecule has 15 heteroatoms. The Balaban J connectivity index is 1.14. The van der Waals surface area contributed by atoms with Crippen molar-refractivity contribution in [3.8, 4) is 28.4 Å². The van der Waals surface area contributed by atoms with E-state index in [0.717, 1.165) is 16.8 Å². The van der Waals surface area contributed by atoms with Crippen LogP contribution in [0.2, 0.25) is 0 Å². The van der Waals surface area contributed by atoms with E-state index in [1.165, 1.54) is 24.5 Å². The molecule has 0 radical (unpaired) electrons. The van der Waals surface area contributed by atoms with Gasteiger partial charge in [0.15, 0.2) is 5.82 Å². The minimum atomic E-state index is -2.87. The summed E-state index contributed by atoms with van der Waals surface area (Å²) in [6, 6.07) is 12.2. The Morgan fingerprint density at radius 1 is 1.09 bits per heavy atom. The topological polar surface area (TPSA) is 146 Å². The number of aromatic nitrogens is 6. The quantitative estimate of drug-likeness (QED) is 0.260. The molecule has 2 aliphatic rings. The van der Waals surface area contributed by atoms with Gasteiger partial charge in [0, 0.05) is 54.4 Å². The number of likely N-dealkylation sites (tertiary alicyclic amines) is 1. The van der Waals surface area contributed by atoms with Gasteiger partial charge in [-0.05, 0) is 12.1 Å². The summed E-state index contributed by atoms with van der Waals surface area (Å²) in [7, 11) is 1.36. The Morgan fingerprint density at radius 2 is 1.87 bits per heavy atom. The third-order valence-electron chi connectivity index (χ3n) is 8.62. The molecule has 1 aliphatic carbocycles. The van der Waals surface area contributed by atoms with Crippen LogP contribution in [0.25, 0.3) is 28.0 Å². The molecule has 242 valence electrons. The fraction of sp³-hybridized carbons (Fsp3) is 0.312. The number of methoxy groups -OCH3 is 1. The molecular weight excluding hydrogens is 615 g/mol. The fourth-order valence-electron chi connectivity index (χ4n) is 6.21. The number of anilines is 1. The number of hydrogen-bond donors (Lipinski definition) is 2. The lowest BCUT2D eigenvalue weighted by atomic mass is 9.80. The van der Waals surface area contributed by atoms with E-state index in [1.54, 1.807) is 16.9 Å². The predicted molar refractivity (Wildman–Crippen MR) is 164 cm³/mol. The van der Waals surface area contributed by atoms with Crippen LogP contribution in [0, 0.1) is 5.92 Å². The van der Waals surface area contributed by atoms with Crippen molar-refractivity contribution >= 4 is 23.1 Å². The lowest BCUT2D eigenvalue weighted by molar-refractivity contribution is -0.159. The molecule has 5 heterocycles. The summed E-state index contributed by atoms with van der Waals surface area (Å²) in [4.78, 5) is 40.4. The highest BCUT2D eigenvalue weighted by atomic mass is 19.3. The van der Waals surface area contributed by atoms with Crippen LogP contribution in [-0.4, -0.2) is 84.2 Å². The lowest BCUT2D eigenvalue weighted by Gasteiger charge is -2.36. The lowest BCUT2D eigenvalue weighted by Crippen LogP contribution is -2.47. The van der Waals surface area contributed by atoms with Gasteiger partial charge in [0.05, 0.1) is 44.0 Å². The summed E-state index contributed by atoms with van der Waals surface area (Å²) in [6.07, 6.45) is 3.82. The molecule has 1 unspecified atom stereocenters. The van der Waals surface area contributed by atoms with Crippen molar-refractivity contribution in [3.63, 3.8) is 0 Å². The Morgan fingerprint density at radius 3 is 2.62 bits per heavy atom. The number of imidazole rings is 1. The summed E-state index contributed by atoms with van der Waals surface area (Å²) in [5.41, 5.74) is 10.5. The first-order valence-corrected chi connectivity index (χ1v) is 14.9. The number of alkyl halides is 3. The maximum Gasteiger partial charge on any atom is 0.257 e. The third-order valence-corrected chi connectivity index (χ3v) is 8.62. The number of ether oxygens (including phenoxy) is 1. The minimum Gasteiger partial charge on any atom is -0.480 e. The first-order valence-electron chi connectivity index (χ1n) is 14.9. The number of nitrogens with zero attached hydrogens (tertiary/aromatic N) is 7. The zero-order valence-corrected chi connectivity index (χ0v) is 25.2. The number of rotatable bonds is 8. The first kappa shape index (κ1) is 30.2. The van der Waals surface area contributed by atoms with Crippen LogP contribution in [-0.2, 0) is 11.3 Å². The van der Waals surface area contributed by atoms with Crippen LogP contribution < -0.4 is 15.8 Å². The van der Waals surface area contributed by atoms with Crippen molar-refractivity contribution in [1.82, 2.24) is 39.3 Å². The summed E-state index contributed by atoms with van der Waals surface area (Å²) in [5.74, 6) is -4.65. The molecule has 2 amide bonds. The molecule has 1 aromatic carbocycles. The average Bonchev–Trinajstić information content (AvgIpc) is 3.78. The second-order valence-electron chi connectivity index (χ2n) is 11.8. The van der Waals surface area contributed by atoms with E-state index in [4.69, 9.17) is 10.5 Å². The number of pyridine rings is 1. The summed E-state index contributed by atoms with van der Waals surface area (Å²) >= 11 is 0. The van der Waals surface area contributed by atoms with Crippen molar-refractivity contribution in [2.24, 2.45) is 5.92 Å². The number of nitrogen functional groups attached to an aromatic ring is 1. The van der Waals surface area contributed by atoms with Gasteiger partial charge in [-0.2, -0.15) is 5.10 Å². The third kappa shape index (κ3) is 5.72. The van der Waals surface area contributed by atoms with E-state index >= 15 is 0 Å². The van der Waals surface area contributed by atoms with Gasteiger partial charge in [0.1, 0.15) is 23.6 Å². The number of nitrogens with two attached hydrogens (primary N) is 1. The number of amides is 2. The predicted octanol–water partition coefficient (Wildman–Crippen LogP) is 3.62. The Bertz CT molecular complexity index is 1970. The van der Waals surface area contributed by atoms with Crippen molar-refractivity contribution in [1.29, 1.82) is 0 Å². The molecule has 2 fully saturated rings. The van der Waals surface area contributed by atoms with Crippen molar-refractivity contribution in [3.05, 3.63) is 78.6 Å². The molecule has 7 rings (SSSR count). The maximum absolute atomic E-state index is 15.0. The maximum atomic E-state index is 15.0. The van der Waals surface area contributed by atoms with E-state index in [2.05, 4.69) is 25.4 Å². The summed E-state index contributed by atoms with van der Waals surface area (Å²) < 4.78 is 50.5. The van der Waals surface area contributed by atoms with Crippen molar-refractivity contribution in [2.75, 3.05) is 25.9 Å². The van der Waals surface area contributed by atoms with Crippen molar-refractivity contribution < 1.29 is 27.5 Å². The van der Waals surface area contributed by atoms with Gasteiger partial charge >= 0.3 is 0 Å². The van der Waals surface area contributed by atoms with Gasteiger partial charge in [0.2, 0.25) is 17.7 Å². The zero-order chi connectivity index (χ0) is 32.9. The van der Waals surface area contributed by atoms with E-state index in [-0.39, 0.29) is 30.4 Å². The van der Waals surface area contributed by atoms with E-state index in [9.17, 15) is 22.8 Å². The fourth-order valence-corrected chi connectivity index (χ4v) is 6.21. The standard InChI is InChI=1S/C32H30F3N9O3/c1-47-30-22(29(45)41-25-15-43(13-23(25)33)31(46)21-9-32(34,35)10-21)7-19(11-37-30)26-8-20(27-28(36)38-16-40-44(26)27)12-42-14-24(39-17-42)18-5-3-2-4-6-18/h2-8,11,14,16-17,21,23,25H,9-10,12-13,15H2,1H3,(H,41,45)(H2,36,38,40)/t23?,25-/m1/s1. The van der Waals surface area contributed by atoms with Crippen LogP contribution in [0.3, 0.4) is 0 Å². The van der Waals surface area contributed by atoms with E-state index < -0.39 is 48.7 Å². The molecule has 1 saturated carbocycles. The summed E-state index contributed by atoms with van der Waals surface area (Å²) in [5, 5.41) is 7.05. The largest absolute Gasteiger partial charge is 0.480 e. The van der Waals surface area contributed by atoms with Crippen molar-refractivity contribution in [2.45, 2.75) is 37.5 Å². The molecule has 1 aliphatic heterocycles. The number of carbonyl (C=O) groups is 2. The number of carbonyl (C=O) groups excluding carboxylic acids is 2. The van der Waals surface area contributed by atoms with Crippen LogP contribution in [0.4, 0.5) is 19.0 Å². The molecule has 0 spiro atoms. The number of halogens is 3. The SMILES string of the molecule is COc1ncc(-c2cc(Cn3cnc(-c4ccccc4)c3)c3c(N)ncnn23)cc1C(=O)N[C@@H]1CN(C(=O)C2CC(F)(F)C2)CC1F. The molecule has 4 aromatic heterocycles. The Hall–Kier alpha value is -5.47. The first-order chi connectivity index (χ1) is 22.6. The number of fused-ring (bicyclic) bond motifs is 1. The van der Waals surface area contributed by atoms with E-state index in [0.29, 0.717) is 23.3 Å². The highest BCUT2D eigenvalue weighted by Crippen LogP contribution is 2.43.